The van der Waals surface area contributed by atoms with E-state index >= 15 is 0 Å². The predicted molar refractivity (Wildman–Crippen MR) is 112 cm³/mol. The molecular formula is C22H19N5O3. The number of nitro benzene ring substituents is 1. The minimum absolute atomic E-state index is 0.0734. The number of amides is 1. The van der Waals surface area contributed by atoms with E-state index in [0.717, 1.165) is 11.2 Å². The van der Waals surface area contributed by atoms with Crippen LogP contribution < -0.4 is 5.32 Å². The summed E-state index contributed by atoms with van der Waals surface area (Å²) in [6.45, 7) is 2.50. The van der Waals surface area contributed by atoms with E-state index in [-0.39, 0.29) is 16.5 Å². The molecule has 0 aliphatic rings. The summed E-state index contributed by atoms with van der Waals surface area (Å²) in [5.41, 5.74) is 3.42. The Kier molecular flexibility index (Phi) is 5.21. The molecule has 0 fully saturated rings. The SMILES string of the molecule is Cc1nc2cc(C(=O)NCc3ccccn3)ccc2n1Cc1ccccc1[N+](=O)[O-]. The van der Waals surface area contributed by atoms with E-state index in [0.29, 0.717) is 35.6 Å². The normalized spacial score (nSPS) is 10.8. The van der Waals surface area contributed by atoms with Crippen LogP contribution in [0.4, 0.5) is 5.69 Å². The summed E-state index contributed by atoms with van der Waals surface area (Å²) in [5, 5.41) is 14.2. The van der Waals surface area contributed by atoms with Gasteiger partial charge in [-0.3, -0.25) is 19.9 Å². The first-order valence-electron chi connectivity index (χ1n) is 9.40. The predicted octanol–water partition coefficient (Wildman–Crippen LogP) is 3.63. The summed E-state index contributed by atoms with van der Waals surface area (Å²) < 4.78 is 1.91. The van der Waals surface area contributed by atoms with Crippen molar-refractivity contribution in [2.45, 2.75) is 20.0 Å². The fraction of sp³-hybridized carbons (Fsp3) is 0.136. The largest absolute Gasteiger partial charge is 0.346 e. The summed E-state index contributed by atoms with van der Waals surface area (Å²) in [6, 6.07) is 17.5. The number of carbonyl (C=O) groups is 1. The molecule has 2 aromatic heterocycles. The first-order chi connectivity index (χ1) is 14.5. The minimum Gasteiger partial charge on any atom is -0.346 e. The third kappa shape index (κ3) is 3.88. The second-order valence-electron chi connectivity index (χ2n) is 6.84. The lowest BCUT2D eigenvalue weighted by Crippen LogP contribution is -2.23. The van der Waals surface area contributed by atoms with E-state index in [9.17, 15) is 14.9 Å². The fourth-order valence-corrected chi connectivity index (χ4v) is 3.36. The van der Waals surface area contributed by atoms with E-state index in [1.54, 1.807) is 36.5 Å². The maximum Gasteiger partial charge on any atom is 0.274 e. The summed E-state index contributed by atoms with van der Waals surface area (Å²) in [4.78, 5) is 32.2. The number of pyridine rings is 1. The highest BCUT2D eigenvalue weighted by Crippen LogP contribution is 2.23. The first kappa shape index (κ1) is 19.3. The molecule has 150 valence electrons. The Morgan fingerprint density at radius 3 is 2.70 bits per heavy atom. The van der Waals surface area contributed by atoms with Crippen LogP contribution in [-0.2, 0) is 13.1 Å². The molecule has 0 atom stereocenters. The molecule has 8 nitrogen and oxygen atoms in total. The maximum atomic E-state index is 12.5. The van der Waals surface area contributed by atoms with Crippen molar-refractivity contribution in [3.8, 4) is 0 Å². The lowest BCUT2D eigenvalue weighted by atomic mass is 10.1. The molecule has 0 unspecified atom stereocenters. The van der Waals surface area contributed by atoms with Gasteiger partial charge in [0.25, 0.3) is 11.6 Å². The molecule has 8 heteroatoms. The van der Waals surface area contributed by atoms with Crippen molar-refractivity contribution < 1.29 is 9.72 Å². The molecule has 0 aliphatic carbocycles. The number of nitrogens with zero attached hydrogens (tertiary/aromatic N) is 4. The van der Waals surface area contributed by atoms with Crippen LogP contribution >= 0.6 is 0 Å². The van der Waals surface area contributed by atoms with Gasteiger partial charge in [-0.2, -0.15) is 0 Å². The highest BCUT2D eigenvalue weighted by atomic mass is 16.6. The van der Waals surface area contributed by atoms with Gasteiger partial charge < -0.3 is 9.88 Å². The fourth-order valence-electron chi connectivity index (χ4n) is 3.36. The molecule has 0 radical (unpaired) electrons. The number of rotatable bonds is 6. The van der Waals surface area contributed by atoms with E-state index in [4.69, 9.17) is 0 Å². The number of fused-ring (bicyclic) bond motifs is 1. The van der Waals surface area contributed by atoms with Crippen molar-refractivity contribution in [3.05, 3.63) is 99.6 Å². The zero-order valence-electron chi connectivity index (χ0n) is 16.3. The van der Waals surface area contributed by atoms with Gasteiger partial charge in [0, 0.05) is 23.4 Å². The van der Waals surface area contributed by atoms with Crippen molar-refractivity contribution in [1.82, 2.24) is 19.9 Å². The van der Waals surface area contributed by atoms with Gasteiger partial charge in [-0.1, -0.05) is 24.3 Å². The van der Waals surface area contributed by atoms with Gasteiger partial charge in [-0.05, 0) is 37.3 Å². The number of benzene rings is 2. The smallest absolute Gasteiger partial charge is 0.274 e. The second kappa shape index (κ2) is 8.12. The summed E-state index contributed by atoms with van der Waals surface area (Å²) in [7, 11) is 0. The van der Waals surface area contributed by atoms with Crippen LogP contribution in [-0.4, -0.2) is 25.4 Å². The Labute approximate surface area is 172 Å². The van der Waals surface area contributed by atoms with Gasteiger partial charge in [0.2, 0.25) is 0 Å². The Morgan fingerprint density at radius 1 is 1.13 bits per heavy atom. The average Bonchev–Trinajstić information content (AvgIpc) is 3.07. The van der Waals surface area contributed by atoms with Crippen molar-refractivity contribution >= 4 is 22.6 Å². The number of hydrogen-bond donors (Lipinski definition) is 1. The summed E-state index contributed by atoms with van der Waals surface area (Å²) in [5.74, 6) is 0.502. The second-order valence-corrected chi connectivity index (χ2v) is 6.84. The molecule has 0 aliphatic heterocycles. The van der Waals surface area contributed by atoms with Crippen molar-refractivity contribution in [3.63, 3.8) is 0 Å². The number of hydrogen-bond acceptors (Lipinski definition) is 5. The average molecular weight is 401 g/mol. The van der Waals surface area contributed by atoms with Gasteiger partial charge in [-0.25, -0.2) is 4.98 Å². The number of imidazole rings is 1. The molecule has 1 amide bonds. The molecule has 0 bridgehead atoms. The van der Waals surface area contributed by atoms with Crippen LogP contribution in [0.3, 0.4) is 0 Å². The molecule has 0 spiro atoms. The molecule has 2 aromatic carbocycles. The standard InChI is InChI=1S/C22H19N5O3/c1-15-25-19-12-16(22(28)24-13-18-7-4-5-11-23-18)9-10-21(19)26(15)14-17-6-2-3-8-20(17)27(29)30/h2-12H,13-14H2,1H3,(H,24,28). The van der Waals surface area contributed by atoms with Crippen molar-refractivity contribution in [2.24, 2.45) is 0 Å². The van der Waals surface area contributed by atoms with Gasteiger partial charge in [0.05, 0.1) is 34.7 Å². The molecule has 1 N–H and O–H groups in total. The van der Waals surface area contributed by atoms with Crippen molar-refractivity contribution in [1.29, 1.82) is 0 Å². The number of nitro groups is 1. The first-order valence-corrected chi connectivity index (χ1v) is 9.40. The van der Waals surface area contributed by atoms with E-state index in [1.807, 2.05) is 35.8 Å². The van der Waals surface area contributed by atoms with Gasteiger partial charge >= 0.3 is 0 Å². The molecular weight excluding hydrogens is 382 g/mol. The minimum atomic E-state index is -0.381. The lowest BCUT2D eigenvalue weighted by molar-refractivity contribution is -0.385. The lowest BCUT2D eigenvalue weighted by Gasteiger charge is -2.08. The summed E-state index contributed by atoms with van der Waals surface area (Å²) in [6.07, 6.45) is 1.68. The molecule has 0 saturated heterocycles. The Bertz CT molecular complexity index is 1230. The Balaban J connectivity index is 1.58. The third-order valence-corrected chi connectivity index (χ3v) is 4.87. The van der Waals surface area contributed by atoms with Gasteiger partial charge in [0.1, 0.15) is 5.82 Å². The zero-order valence-corrected chi connectivity index (χ0v) is 16.3. The monoisotopic (exact) mass is 401 g/mol. The number of nitrogens with one attached hydrogen (secondary N) is 1. The van der Waals surface area contributed by atoms with Crippen LogP contribution in [0.25, 0.3) is 11.0 Å². The highest BCUT2D eigenvalue weighted by Gasteiger charge is 2.16. The number of aromatic nitrogens is 3. The van der Waals surface area contributed by atoms with E-state index in [2.05, 4.69) is 15.3 Å². The van der Waals surface area contributed by atoms with Crippen LogP contribution in [0.5, 0.6) is 0 Å². The van der Waals surface area contributed by atoms with Crippen molar-refractivity contribution in [2.75, 3.05) is 0 Å². The Morgan fingerprint density at radius 2 is 1.93 bits per heavy atom. The van der Waals surface area contributed by atoms with Gasteiger partial charge in [-0.15, -0.1) is 0 Å². The van der Waals surface area contributed by atoms with E-state index in [1.165, 1.54) is 6.07 Å². The molecule has 0 saturated carbocycles. The molecule has 4 rings (SSSR count). The quantitative estimate of drug-likeness (QED) is 0.393. The third-order valence-electron chi connectivity index (χ3n) is 4.87. The number of carbonyl (C=O) groups excluding carboxylic acids is 1. The van der Waals surface area contributed by atoms with Crippen LogP contribution in [0, 0.1) is 17.0 Å². The highest BCUT2D eigenvalue weighted by molar-refractivity contribution is 5.97. The van der Waals surface area contributed by atoms with E-state index < -0.39 is 0 Å². The number of aryl methyl sites for hydroxylation is 1. The molecule has 2 heterocycles. The Hall–Kier alpha value is -4.07. The summed E-state index contributed by atoms with van der Waals surface area (Å²) >= 11 is 0. The zero-order chi connectivity index (χ0) is 21.1. The topological polar surface area (TPSA) is 103 Å². The molecule has 4 aromatic rings. The molecule has 30 heavy (non-hydrogen) atoms. The maximum absolute atomic E-state index is 12.5. The van der Waals surface area contributed by atoms with Gasteiger partial charge in [0.15, 0.2) is 0 Å². The van der Waals surface area contributed by atoms with Crippen LogP contribution in [0.15, 0.2) is 66.9 Å². The van der Waals surface area contributed by atoms with Crippen LogP contribution in [0.2, 0.25) is 0 Å². The van der Waals surface area contributed by atoms with Crippen LogP contribution in [0.1, 0.15) is 27.4 Å². The number of para-hydroxylation sites is 1.